The van der Waals surface area contributed by atoms with Crippen LogP contribution in [0, 0.1) is 0 Å². The summed E-state index contributed by atoms with van der Waals surface area (Å²) >= 11 is 7.38. The van der Waals surface area contributed by atoms with E-state index >= 15 is 0 Å². The molecule has 7 heteroatoms. The van der Waals surface area contributed by atoms with E-state index in [4.69, 9.17) is 11.6 Å². The van der Waals surface area contributed by atoms with Gasteiger partial charge in [-0.3, -0.25) is 14.5 Å². The number of benzene rings is 2. The van der Waals surface area contributed by atoms with E-state index in [2.05, 4.69) is 24.1 Å². The molecule has 0 spiro atoms. The molecule has 0 unspecified atom stereocenters. The summed E-state index contributed by atoms with van der Waals surface area (Å²) in [7, 11) is 0. The molecule has 5 nitrogen and oxygen atoms in total. The van der Waals surface area contributed by atoms with Crippen molar-refractivity contribution in [1.82, 2.24) is 10.2 Å². The average molecular weight is 444 g/mol. The van der Waals surface area contributed by atoms with Crippen molar-refractivity contribution in [3.63, 3.8) is 0 Å². The Kier molecular flexibility index (Phi) is 7.96. The van der Waals surface area contributed by atoms with Gasteiger partial charge in [-0.15, -0.1) is 0 Å². The van der Waals surface area contributed by atoms with Crippen molar-refractivity contribution in [2.45, 2.75) is 18.7 Å². The number of likely N-dealkylation sites (N-methyl/N-ethyl adjacent to an activating group) is 1. The Morgan fingerprint density at radius 2 is 1.83 bits per heavy atom. The van der Waals surface area contributed by atoms with Gasteiger partial charge in [0.15, 0.2) is 0 Å². The summed E-state index contributed by atoms with van der Waals surface area (Å²) < 4.78 is 0. The Hall–Kier alpha value is -2.28. The Morgan fingerprint density at radius 1 is 1.13 bits per heavy atom. The van der Waals surface area contributed by atoms with Crippen LogP contribution in [0.3, 0.4) is 0 Å². The number of hydrogen-bond acceptors (Lipinski definition) is 4. The lowest BCUT2D eigenvalue weighted by molar-refractivity contribution is -0.122. The van der Waals surface area contributed by atoms with Crippen molar-refractivity contribution < 1.29 is 9.59 Å². The first-order valence-electron chi connectivity index (χ1n) is 10.1. The molecule has 2 aromatic carbocycles. The number of fused-ring (bicyclic) bond motifs is 1. The van der Waals surface area contributed by atoms with Crippen LogP contribution in [0.2, 0.25) is 5.02 Å². The molecule has 1 aliphatic rings. The minimum absolute atomic E-state index is 0.00733. The van der Waals surface area contributed by atoms with Gasteiger partial charge >= 0.3 is 0 Å². The van der Waals surface area contributed by atoms with Crippen LogP contribution in [-0.4, -0.2) is 49.4 Å². The van der Waals surface area contributed by atoms with Crippen LogP contribution in [-0.2, 0) is 9.59 Å². The van der Waals surface area contributed by atoms with Gasteiger partial charge in [-0.2, -0.15) is 0 Å². The second-order valence-electron chi connectivity index (χ2n) is 6.90. The molecular formula is C23H26ClN3O2S. The molecule has 1 heterocycles. The molecule has 0 radical (unpaired) electrons. The van der Waals surface area contributed by atoms with E-state index in [0.717, 1.165) is 35.8 Å². The van der Waals surface area contributed by atoms with E-state index in [1.165, 1.54) is 11.8 Å². The predicted molar refractivity (Wildman–Crippen MR) is 125 cm³/mol. The standard InChI is InChI=1S/C23H26ClN3O2S/c1-3-26(4-2)14-13-25-22(28)16-27-19-7-5-6-8-20(19)30-21(23(27)29)15-17-9-11-18(24)12-10-17/h5-12,15H,3-4,13-14,16H2,1-2H3,(H,25,28)/b21-15+. The normalized spacial score (nSPS) is 14.9. The third-order valence-electron chi connectivity index (χ3n) is 4.95. The molecule has 1 aliphatic heterocycles. The summed E-state index contributed by atoms with van der Waals surface area (Å²) in [6.45, 7) is 7.43. The van der Waals surface area contributed by atoms with Gasteiger partial charge in [0.25, 0.3) is 5.91 Å². The fourth-order valence-electron chi connectivity index (χ4n) is 3.22. The van der Waals surface area contributed by atoms with Crippen LogP contribution >= 0.6 is 23.4 Å². The maximum absolute atomic E-state index is 13.2. The van der Waals surface area contributed by atoms with Gasteiger partial charge in [-0.05, 0) is 49.0 Å². The van der Waals surface area contributed by atoms with Gasteiger partial charge in [-0.1, -0.05) is 61.5 Å². The molecule has 1 N–H and O–H groups in total. The van der Waals surface area contributed by atoms with Crippen LogP contribution < -0.4 is 10.2 Å². The van der Waals surface area contributed by atoms with Gasteiger partial charge in [0.2, 0.25) is 5.91 Å². The smallest absolute Gasteiger partial charge is 0.265 e. The Labute approximate surface area is 187 Å². The van der Waals surface area contributed by atoms with E-state index in [1.54, 1.807) is 17.0 Å². The van der Waals surface area contributed by atoms with Crippen molar-refractivity contribution in [1.29, 1.82) is 0 Å². The molecule has 0 saturated carbocycles. The highest BCUT2D eigenvalue weighted by molar-refractivity contribution is 8.04. The SMILES string of the molecule is CCN(CC)CCNC(=O)CN1C(=O)/C(=C\c2ccc(Cl)cc2)Sc2ccccc21. The molecule has 0 aliphatic carbocycles. The highest BCUT2D eigenvalue weighted by Crippen LogP contribution is 2.41. The number of nitrogens with one attached hydrogen (secondary N) is 1. The van der Waals surface area contributed by atoms with Gasteiger partial charge < -0.3 is 10.2 Å². The molecule has 30 heavy (non-hydrogen) atoms. The quantitative estimate of drug-likeness (QED) is 0.619. The zero-order valence-electron chi connectivity index (χ0n) is 17.2. The van der Waals surface area contributed by atoms with Gasteiger partial charge in [0.1, 0.15) is 6.54 Å². The first-order chi connectivity index (χ1) is 14.5. The third kappa shape index (κ3) is 5.65. The number of rotatable bonds is 8. The molecule has 0 bridgehead atoms. The fourth-order valence-corrected chi connectivity index (χ4v) is 4.41. The number of anilines is 1. The maximum Gasteiger partial charge on any atom is 0.265 e. The number of amides is 2. The minimum Gasteiger partial charge on any atom is -0.353 e. The van der Waals surface area contributed by atoms with E-state index in [9.17, 15) is 9.59 Å². The van der Waals surface area contributed by atoms with Gasteiger partial charge in [0, 0.05) is 23.0 Å². The second kappa shape index (κ2) is 10.7. The number of thioether (sulfide) groups is 1. The molecule has 2 aromatic rings. The van der Waals surface area contributed by atoms with E-state index in [1.807, 2.05) is 42.5 Å². The van der Waals surface area contributed by atoms with Crippen molar-refractivity contribution in [3.05, 3.63) is 64.0 Å². The fraction of sp³-hybridized carbons (Fsp3) is 0.304. The highest BCUT2D eigenvalue weighted by Gasteiger charge is 2.30. The van der Waals surface area contributed by atoms with E-state index in [-0.39, 0.29) is 18.4 Å². The van der Waals surface area contributed by atoms with E-state index in [0.29, 0.717) is 16.5 Å². The largest absolute Gasteiger partial charge is 0.353 e. The number of hydrogen-bond donors (Lipinski definition) is 1. The summed E-state index contributed by atoms with van der Waals surface area (Å²) in [4.78, 5) is 31.1. The molecule has 3 rings (SSSR count). The average Bonchev–Trinajstić information content (AvgIpc) is 2.75. The monoisotopic (exact) mass is 443 g/mol. The van der Waals surface area contributed by atoms with Crippen molar-refractivity contribution >= 4 is 46.9 Å². The lowest BCUT2D eigenvalue weighted by Crippen LogP contribution is -2.44. The molecule has 0 fully saturated rings. The highest BCUT2D eigenvalue weighted by atomic mass is 35.5. The molecule has 2 amide bonds. The number of para-hydroxylation sites is 1. The maximum atomic E-state index is 13.2. The number of halogens is 1. The van der Waals surface area contributed by atoms with Crippen molar-refractivity contribution in [3.8, 4) is 0 Å². The Morgan fingerprint density at radius 3 is 2.53 bits per heavy atom. The summed E-state index contributed by atoms with van der Waals surface area (Å²) in [5.74, 6) is -0.337. The van der Waals surface area contributed by atoms with Gasteiger partial charge in [-0.25, -0.2) is 0 Å². The lowest BCUT2D eigenvalue weighted by atomic mass is 10.2. The van der Waals surface area contributed by atoms with Gasteiger partial charge in [0.05, 0.1) is 10.6 Å². The van der Waals surface area contributed by atoms with Crippen LogP contribution in [0.25, 0.3) is 6.08 Å². The summed E-state index contributed by atoms with van der Waals surface area (Å²) in [5, 5.41) is 3.58. The summed E-state index contributed by atoms with van der Waals surface area (Å²) in [5.41, 5.74) is 1.65. The topological polar surface area (TPSA) is 52.7 Å². The molecule has 0 atom stereocenters. The Balaban J connectivity index is 1.76. The number of carbonyl (C=O) groups is 2. The summed E-state index contributed by atoms with van der Waals surface area (Å²) in [6.07, 6.45) is 1.84. The van der Waals surface area contributed by atoms with Crippen LogP contribution in [0.15, 0.2) is 58.3 Å². The zero-order chi connectivity index (χ0) is 21.5. The van der Waals surface area contributed by atoms with Crippen LogP contribution in [0.1, 0.15) is 19.4 Å². The number of nitrogens with zero attached hydrogens (tertiary/aromatic N) is 2. The number of carbonyl (C=O) groups excluding carboxylic acids is 2. The first kappa shape index (κ1) is 22.4. The lowest BCUT2D eigenvalue weighted by Gasteiger charge is -2.30. The predicted octanol–water partition coefficient (Wildman–Crippen LogP) is 4.28. The molecule has 0 aromatic heterocycles. The minimum atomic E-state index is -0.174. The molecule has 158 valence electrons. The summed E-state index contributed by atoms with van der Waals surface area (Å²) in [6, 6.07) is 15.0. The van der Waals surface area contributed by atoms with Crippen molar-refractivity contribution in [2.75, 3.05) is 37.6 Å². The second-order valence-corrected chi connectivity index (χ2v) is 8.42. The van der Waals surface area contributed by atoms with Crippen LogP contribution in [0.5, 0.6) is 0 Å². The third-order valence-corrected chi connectivity index (χ3v) is 6.28. The zero-order valence-corrected chi connectivity index (χ0v) is 18.8. The Bertz CT molecular complexity index is 926. The first-order valence-corrected chi connectivity index (χ1v) is 11.3. The molecule has 0 saturated heterocycles. The van der Waals surface area contributed by atoms with Crippen LogP contribution in [0.4, 0.5) is 5.69 Å². The van der Waals surface area contributed by atoms with E-state index < -0.39 is 0 Å². The molecular weight excluding hydrogens is 418 g/mol. The van der Waals surface area contributed by atoms with Crippen molar-refractivity contribution in [2.24, 2.45) is 0 Å².